The first-order valence-electron chi connectivity index (χ1n) is 9.11. The van der Waals surface area contributed by atoms with Crippen LogP contribution < -0.4 is 10.9 Å². The molecule has 0 spiro atoms. The number of amides is 1. The highest BCUT2D eigenvalue weighted by molar-refractivity contribution is 7.15. The summed E-state index contributed by atoms with van der Waals surface area (Å²) in [7, 11) is 0. The maximum Gasteiger partial charge on any atom is 0.271 e. The van der Waals surface area contributed by atoms with E-state index in [1.165, 1.54) is 27.5 Å². The van der Waals surface area contributed by atoms with Gasteiger partial charge in [-0.3, -0.25) is 14.0 Å². The van der Waals surface area contributed by atoms with E-state index in [2.05, 4.69) is 24.1 Å². The summed E-state index contributed by atoms with van der Waals surface area (Å²) in [4.78, 5) is 30.6. The van der Waals surface area contributed by atoms with E-state index in [1.54, 1.807) is 6.07 Å². The number of rotatable bonds is 4. The van der Waals surface area contributed by atoms with Gasteiger partial charge in [-0.15, -0.1) is 11.3 Å². The smallest absolute Gasteiger partial charge is 0.271 e. The molecule has 5 nitrogen and oxygen atoms in total. The van der Waals surface area contributed by atoms with Crippen molar-refractivity contribution in [2.24, 2.45) is 0 Å². The largest absolute Gasteiger partial charge is 0.322 e. The van der Waals surface area contributed by atoms with Gasteiger partial charge in [0.15, 0.2) is 4.96 Å². The molecular formula is C22H18ClN3O2S. The third-order valence-electron chi connectivity index (χ3n) is 4.68. The molecule has 1 amide bonds. The van der Waals surface area contributed by atoms with Gasteiger partial charge in [-0.1, -0.05) is 55.8 Å². The van der Waals surface area contributed by atoms with Gasteiger partial charge in [-0.25, -0.2) is 4.98 Å². The fourth-order valence-electron chi connectivity index (χ4n) is 3.06. The van der Waals surface area contributed by atoms with E-state index in [1.807, 2.05) is 47.8 Å². The van der Waals surface area contributed by atoms with Crippen LogP contribution in [0, 0.1) is 0 Å². The van der Waals surface area contributed by atoms with Gasteiger partial charge in [0.1, 0.15) is 5.56 Å². The van der Waals surface area contributed by atoms with Crippen LogP contribution in [0.5, 0.6) is 0 Å². The summed E-state index contributed by atoms with van der Waals surface area (Å²) in [5, 5.41) is 5.12. The molecule has 0 aliphatic rings. The van der Waals surface area contributed by atoms with E-state index in [-0.39, 0.29) is 5.56 Å². The van der Waals surface area contributed by atoms with Crippen molar-refractivity contribution in [3.8, 4) is 11.3 Å². The number of hydrogen-bond donors (Lipinski definition) is 1. The molecule has 0 unspecified atom stereocenters. The number of nitrogens with zero attached hydrogens (tertiary/aromatic N) is 2. The molecule has 146 valence electrons. The Bertz CT molecular complexity index is 1260. The van der Waals surface area contributed by atoms with Crippen LogP contribution in [0.1, 0.15) is 35.7 Å². The Morgan fingerprint density at radius 3 is 2.55 bits per heavy atom. The van der Waals surface area contributed by atoms with Crippen molar-refractivity contribution in [3.63, 3.8) is 0 Å². The molecule has 0 saturated heterocycles. The van der Waals surface area contributed by atoms with Gasteiger partial charge in [-0.05, 0) is 29.7 Å². The molecule has 2 aromatic carbocycles. The molecule has 0 bridgehead atoms. The predicted molar refractivity (Wildman–Crippen MR) is 118 cm³/mol. The quantitative estimate of drug-likeness (QED) is 0.474. The lowest BCUT2D eigenvalue weighted by atomic mass is 10.0. The second-order valence-corrected chi connectivity index (χ2v) is 8.17. The molecule has 0 aliphatic heterocycles. The monoisotopic (exact) mass is 423 g/mol. The van der Waals surface area contributed by atoms with Gasteiger partial charge in [0, 0.05) is 27.9 Å². The zero-order chi connectivity index (χ0) is 20.5. The summed E-state index contributed by atoms with van der Waals surface area (Å²) >= 11 is 7.62. The van der Waals surface area contributed by atoms with Gasteiger partial charge in [0.2, 0.25) is 0 Å². The number of nitrogens with one attached hydrogen (secondary N) is 1. The molecular weight excluding hydrogens is 406 g/mol. The first kappa shape index (κ1) is 19.4. The summed E-state index contributed by atoms with van der Waals surface area (Å²) in [6, 6.07) is 14.8. The molecule has 0 aliphatic carbocycles. The van der Waals surface area contributed by atoms with Gasteiger partial charge in [-0.2, -0.15) is 0 Å². The van der Waals surface area contributed by atoms with Crippen LogP contribution in [0.3, 0.4) is 0 Å². The molecule has 7 heteroatoms. The van der Waals surface area contributed by atoms with Crippen LogP contribution in [0.4, 0.5) is 5.69 Å². The topological polar surface area (TPSA) is 63.5 Å². The maximum atomic E-state index is 13.1. The van der Waals surface area contributed by atoms with Crippen LogP contribution in [-0.2, 0) is 0 Å². The number of hydrogen-bond acceptors (Lipinski definition) is 4. The van der Waals surface area contributed by atoms with Gasteiger partial charge < -0.3 is 5.32 Å². The van der Waals surface area contributed by atoms with Crippen LogP contribution in [0.2, 0.25) is 5.02 Å². The highest BCUT2D eigenvalue weighted by Crippen LogP contribution is 2.30. The Labute approximate surface area is 176 Å². The van der Waals surface area contributed by atoms with Crippen molar-refractivity contribution < 1.29 is 4.79 Å². The molecule has 2 aromatic heterocycles. The number of benzene rings is 2. The Morgan fingerprint density at radius 2 is 1.86 bits per heavy atom. The third-order valence-corrected chi connectivity index (χ3v) is 5.84. The molecule has 29 heavy (non-hydrogen) atoms. The average Bonchev–Trinajstić information content (AvgIpc) is 3.14. The van der Waals surface area contributed by atoms with E-state index in [0.717, 1.165) is 0 Å². The normalized spacial score (nSPS) is 11.2. The second kappa shape index (κ2) is 7.81. The van der Waals surface area contributed by atoms with E-state index >= 15 is 0 Å². The third kappa shape index (κ3) is 3.69. The van der Waals surface area contributed by atoms with Crippen molar-refractivity contribution in [1.82, 2.24) is 9.38 Å². The highest BCUT2D eigenvalue weighted by atomic mass is 35.5. The Hall–Kier alpha value is -2.96. The van der Waals surface area contributed by atoms with Crippen LogP contribution in [0.15, 0.2) is 64.9 Å². The van der Waals surface area contributed by atoms with E-state index < -0.39 is 11.5 Å². The maximum absolute atomic E-state index is 13.1. The molecule has 1 N–H and O–H groups in total. The summed E-state index contributed by atoms with van der Waals surface area (Å²) in [6.45, 7) is 4.21. The van der Waals surface area contributed by atoms with Crippen molar-refractivity contribution >= 4 is 39.5 Å². The van der Waals surface area contributed by atoms with E-state index in [9.17, 15) is 9.59 Å². The number of carbonyl (C=O) groups excluding carboxylic acids is 1. The van der Waals surface area contributed by atoms with Gasteiger partial charge >= 0.3 is 0 Å². The Balaban J connectivity index is 1.72. The summed E-state index contributed by atoms with van der Waals surface area (Å²) < 4.78 is 1.43. The summed E-state index contributed by atoms with van der Waals surface area (Å²) in [5.41, 5.74) is 2.68. The molecule has 2 heterocycles. The highest BCUT2D eigenvalue weighted by Gasteiger charge is 2.18. The SMILES string of the molecule is CC(C)c1ccc(NC(=O)c2cnc3scc(-c4ccccc4Cl)n3c2=O)cc1. The fourth-order valence-corrected chi connectivity index (χ4v) is 4.14. The van der Waals surface area contributed by atoms with Gasteiger partial charge in [0.05, 0.1) is 5.69 Å². The molecule has 4 rings (SSSR count). The van der Waals surface area contributed by atoms with Crippen LogP contribution in [0.25, 0.3) is 16.2 Å². The van der Waals surface area contributed by atoms with Gasteiger partial charge in [0.25, 0.3) is 11.5 Å². The lowest BCUT2D eigenvalue weighted by Crippen LogP contribution is -2.26. The number of aromatic nitrogens is 2. The van der Waals surface area contributed by atoms with E-state index in [4.69, 9.17) is 11.6 Å². The summed E-state index contributed by atoms with van der Waals surface area (Å²) in [6.07, 6.45) is 1.32. The lowest BCUT2D eigenvalue weighted by Gasteiger charge is -2.09. The molecule has 0 radical (unpaired) electrons. The number of halogens is 1. The predicted octanol–water partition coefficient (Wildman–Crippen LogP) is 5.45. The average molecular weight is 424 g/mol. The minimum absolute atomic E-state index is 0.0258. The fraction of sp³-hybridized carbons (Fsp3) is 0.136. The lowest BCUT2D eigenvalue weighted by molar-refractivity contribution is 0.102. The Kier molecular flexibility index (Phi) is 5.22. The molecule has 0 saturated carbocycles. The number of fused-ring (bicyclic) bond motifs is 1. The molecule has 0 fully saturated rings. The molecule has 4 aromatic rings. The number of thiazole rings is 1. The van der Waals surface area contributed by atoms with Crippen molar-refractivity contribution in [3.05, 3.63) is 86.6 Å². The zero-order valence-electron chi connectivity index (χ0n) is 15.8. The van der Waals surface area contributed by atoms with Crippen LogP contribution >= 0.6 is 22.9 Å². The van der Waals surface area contributed by atoms with Crippen LogP contribution in [-0.4, -0.2) is 15.3 Å². The molecule has 0 atom stereocenters. The first-order valence-corrected chi connectivity index (χ1v) is 10.4. The first-order chi connectivity index (χ1) is 14.0. The van der Waals surface area contributed by atoms with Crippen molar-refractivity contribution in [2.75, 3.05) is 5.32 Å². The van der Waals surface area contributed by atoms with Crippen molar-refractivity contribution in [1.29, 1.82) is 0 Å². The minimum atomic E-state index is -0.495. The number of carbonyl (C=O) groups is 1. The minimum Gasteiger partial charge on any atom is -0.322 e. The second-order valence-electron chi connectivity index (χ2n) is 6.93. The zero-order valence-corrected chi connectivity index (χ0v) is 17.4. The standard InChI is InChI=1S/C22H18ClN3O2S/c1-13(2)14-7-9-15(10-8-14)25-20(27)17-11-24-22-26(21(17)28)19(12-29-22)16-5-3-4-6-18(16)23/h3-13H,1-2H3,(H,25,27). The van der Waals surface area contributed by atoms with Crippen molar-refractivity contribution in [2.45, 2.75) is 19.8 Å². The number of anilines is 1. The summed E-state index contributed by atoms with van der Waals surface area (Å²) in [5.74, 6) is -0.0941. The van der Waals surface area contributed by atoms with E-state index in [0.29, 0.717) is 32.8 Å². The Morgan fingerprint density at radius 1 is 1.14 bits per heavy atom.